The molecule has 112 valence electrons. The highest BCUT2D eigenvalue weighted by atomic mass is 15.0. The van der Waals surface area contributed by atoms with Crippen LogP contribution >= 0.6 is 0 Å². The Kier molecular flexibility index (Phi) is 4.50. The number of hydrogen-bond donors (Lipinski definition) is 1. The first-order chi connectivity index (χ1) is 9.93. The number of rotatable bonds is 4. The molecule has 0 saturated carbocycles. The summed E-state index contributed by atoms with van der Waals surface area (Å²) in [5.41, 5.74) is 2.74. The van der Waals surface area contributed by atoms with E-state index in [1.807, 2.05) is 6.92 Å². The van der Waals surface area contributed by atoms with Crippen molar-refractivity contribution in [2.24, 2.45) is 0 Å². The fourth-order valence-corrected chi connectivity index (χ4v) is 1.97. The van der Waals surface area contributed by atoms with Crippen LogP contribution in [0.15, 0.2) is 18.7 Å². The van der Waals surface area contributed by atoms with Gasteiger partial charge in [-0.05, 0) is 13.3 Å². The van der Waals surface area contributed by atoms with E-state index in [-0.39, 0.29) is 5.41 Å². The molecule has 5 nitrogen and oxygen atoms in total. The summed E-state index contributed by atoms with van der Waals surface area (Å²) < 4.78 is 0. The highest BCUT2D eigenvalue weighted by Gasteiger charge is 2.21. The number of nitrogens with zero attached hydrogens (tertiary/aromatic N) is 4. The predicted molar refractivity (Wildman–Crippen MR) is 85.3 cm³/mol. The lowest BCUT2D eigenvalue weighted by Crippen LogP contribution is -2.19. The fraction of sp³-hybridized carbons (Fsp3) is 0.500. The lowest BCUT2D eigenvalue weighted by molar-refractivity contribution is 0.546. The minimum Gasteiger partial charge on any atom is -0.370 e. The van der Waals surface area contributed by atoms with E-state index < -0.39 is 0 Å². The van der Waals surface area contributed by atoms with Crippen LogP contribution in [0.3, 0.4) is 0 Å². The van der Waals surface area contributed by atoms with Gasteiger partial charge < -0.3 is 5.32 Å². The predicted octanol–water partition coefficient (Wildman–Crippen LogP) is 3.36. The van der Waals surface area contributed by atoms with Crippen molar-refractivity contribution in [3.05, 3.63) is 30.1 Å². The van der Waals surface area contributed by atoms with Gasteiger partial charge in [0.05, 0.1) is 5.69 Å². The first-order valence-corrected chi connectivity index (χ1v) is 7.32. The Morgan fingerprint density at radius 2 is 1.76 bits per heavy atom. The van der Waals surface area contributed by atoms with Gasteiger partial charge in [0.2, 0.25) is 0 Å². The Balaban J connectivity index is 2.58. The van der Waals surface area contributed by atoms with Gasteiger partial charge in [0.1, 0.15) is 18.0 Å². The SMILES string of the molecule is CCCNc1nc(C(C)(C)C)nc(-c2cncnc2)c1C. The zero-order chi connectivity index (χ0) is 15.5. The molecule has 2 aromatic heterocycles. The molecule has 0 aliphatic carbocycles. The van der Waals surface area contributed by atoms with Crippen LogP contribution in [0.1, 0.15) is 45.5 Å². The third kappa shape index (κ3) is 3.54. The van der Waals surface area contributed by atoms with Crippen LogP contribution < -0.4 is 5.32 Å². The number of anilines is 1. The normalized spacial score (nSPS) is 11.5. The number of hydrogen-bond acceptors (Lipinski definition) is 5. The lowest BCUT2D eigenvalue weighted by atomic mass is 9.95. The van der Waals surface area contributed by atoms with Crippen molar-refractivity contribution in [3.63, 3.8) is 0 Å². The Hall–Kier alpha value is -2.04. The molecule has 0 radical (unpaired) electrons. The zero-order valence-electron chi connectivity index (χ0n) is 13.4. The van der Waals surface area contributed by atoms with Crippen LogP contribution in [0, 0.1) is 6.92 Å². The summed E-state index contributed by atoms with van der Waals surface area (Å²) in [7, 11) is 0. The second-order valence-corrected chi connectivity index (χ2v) is 6.17. The minimum absolute atomic E-state index is 0.110. The van der Waals surface area contributed by atoms with Crippen LogP contribution in [0.4, 0.5) is 5.82 Å². The van der Waals surface area contributed by atoms with Gasteiger partial charge >= 0.3 is 0 Å². The summed E-state index contributed by atoms with van der Waals surface area (Å²) in [5.74, 6) is 1.72. The second kappa shape index (κ2) is 6.16. The van der Waals surface area contributed by atoms with Crippen LogP contribution in [-0.2, 0) is 5.41 Å². The van der Waals surface area contributed by atoms with Crippen molar-refractivity contribution < 1.29 is 0 Å². The van der Waals surface area contributed by atoms with E-state index in [2.05, 4.69) is 43.0 Å². The van der Waals surface area contributed by atoms with Crippen molar-refractivity contribution in [1.29, 1.82) is 0 Å². The van der Waals surface area contributed by atoms with E-state index in [4.69, 9.17) is 9.97 Å². The van der Waals surface area contributed by atoms with E-state index in [1.165, 1.54) is 6.33 Å². The first-order valence-electron chi connectivity index (χ1n) is 7.32. The summed E-state index contributed by atoms with van der Waals surface area (Å²) in [5, 5.41) is 3.39. The first kappa shape index (κ1) is 15.4. The van der Waals surface area contributed by atoms with Crippen molar-refractivity contribution in [3.8, 4) is 11.3 Å². The average molecular weight is 285 g/mol. The van der Waals surface area contributed by atoms with Gasteiger partial charge in [0, 0.05) is 35.5 Å². The molecule has 0 bridgehead atoms. The van der Waals surface area contributed by atoms with Crippen molar-refractivity contribution in [1.82, 2.24) is 19.9 Å². The van der Waals surface area contributed by atoms with Gasteiger partial charge in [0.15, 0.2) is 0 Å². The van der Waals surface area contributed by atoms with E-state index in [9.17, 15) is 0 Å². The average Bonchev–Trinajstić information content (AvgIpc) is 2.46. The third-order valence-electron chi connectivity index (χ3n) is 3.19. The molecule has 0 saturated heterocycles. The van der Waals surface area contributed by atoms with Crippen LogP contribution in [0.5, 0.6) is 0 Å². The molecule has 0 aliphatic heterocycles. The summed E-state index contributed by atoms with van der Waals surface area (Å²) in [6.07, 6.45) is 6.16. The maximum atomic E-state index is 4.75. The molecule has 0 fully saturated rings. The fourth-order valence-electron chi connectivity index (χ4n) is 1.97. The maximum absolute atomic E-state index is 4.75. The second-order valence-electron chi connectivity index (χ2n) is 6.17. The van der Waals surface area contributed by atoms with E-state index >= 15 is 0 Å². The number of aromatic nitrogens is 4. The molecule has 0 aromatic carbocycles. The van der Waals surface area contributed by atoms with E-state index in [0.717, 1.165) is 41.4 Å². The Bertz CT molecular complexity index is 602. The van der Waals surface area contributed by atoms with Crippen molar-refractivity contribution >= 4 is 5.82 Å². The molecule has 2 aromatic rings. The van der Waals surface area contributed by atoms with Crippen LogP contribution in [0.2, 0.25) is 0 Å². The molecule has 0 spiro atoms. The van der Waals surface area contributed by atoms with Crippen LogP contribution in [0.25, 0.3) is 11.3 Å². The summed E-state index contributed by atoms with van der Waals surface area (Å²) in [4.78, 5) is 17.6. The van der Waals surface area contributed by atoms with Gasteiger partial charge in [-0.1, -0.05) is 27.7 Å². The molecule has 0 amide bonds. The van der Waals surface area contributed by atoms with Crippen molar-refractivity contribution in [2.75, 3.05) is 11.9 Å². The summed E-state index contributed by atoms with van der Waals surface area (Å²) >= 11 is 0. The van der Waals surface area contributed by atoms with Crippen molar-refractivity contribution in [2.45, 2.75) is 46.5 Å². The molecule has 0 atom stereocenters. The van der Waals surface area contributed by atoms with Crippen LogP contribution in [-0.4, -0.2) is 26.5 Å². The molecular formula is C16H23N5. The number of nitrogens with one attached hydrogen (secondary N) is 1. The molecule has 5 heteroatoms. The maximum Gasteiger partial charge on any atom is 0.136 e. The van der Waals surface area contributed by atoms with Gasteiger partial charge in [-0.15, -0.1) is 0 Å². The summed E-state index contributed by atoms with van der Waals surface area (Å²) in [6.45, 7) is 11.4. The quantitative estimate of drug-likeness (QED) is 0.933. The van der Waals surface area contributed by atoms with E-state index in [0.29, 0.717) is 0 Å². The Morgan fingerprint density at radius 1 is 1.10 bits per heavy atom. The Labute approximate surface area is 126 Å². The third-order valence-corrected chi connectivity index (χ3v) is 3.19. The Morgan fingerprint density at radius 3 is 2.33 bits per heavy atom. The van der Waals surface area contributed by atoms with Gasteiger partial charge in [-0.2, -0.15) is 0 Å². The molecule has 1 N–H and O–H groups in total. The van der Waals surface area contributed by atoms with Gasteiger partial charge in [-0.25, -0.2) is 19.9 Å². The van der Waals surface area contributed by atoms with Gasteiger partial charge in [-0.3, -0.25) is 0 Å². The van der Waals surface area contributed by atoms with Gasteiger partial charge in [0.25, 0.3) is 0 Å². The largest absolute Gasteiger partial charge is 0.370 e. The zero-order valence-corrected chi connectivity index (χ0v) is 13.4. The van der Waals surface area contributed by atoms with E-state index in [1.54, 1.807) is 12.4 Å². The molecular weight excluding hydrogens is 262 g/mol. The highest BCUT2D eigenvalue weighted by molar-refractivity contribution is 5.67. The standard InChI is InChI=1S/C16H23N5/c1-6-7-19-14-11(2)13(12-8-17-10-18-9-12)20-15(21-14)16(3,4)5/h8-10H,6-7H2,1-5H3,(H,19,20,21). The minimum atomic E-state index is -0.110. The smallest absolute Gasteiger partial charge is 0.136 e. The lowest BCUT2D eigenvalue weighted by Gasteiger charge is -2.21. The molecule has 2 rings (SSSR count). The molecule has 0 aliphatic rings. The highest BCUT2D eigenvalue weighted by Crippen LogP contribution is 2.28. The molecule has 21 heavy (non-hydrogen) atoms. The summed E-state index contributed by atoms with van der Waals surface area (Å²) in [6, 6.07) is 0. The molecule has 2 heterocycles. The monoisotopic (exact) mass is 285 g/mol. The molecule has 0 unspecified atom stereocenters. The topological polar surface area (TPSA) is 63.6 Å².